The number of para-hydroxylation sites is 1. The molecule has 2 amide bonds. The number of nitrogen functional groups attached to an aromatic ring is 1. The summed E-state index contributed by atoms with van der Waals surface area (Å²) in [4.78, 5) is 12.8. The van der Waals surface area contributed by atoms with Gasteiger partial charge in [0, 0.05) is 13.1 Å². The lowest BCUT2D eigenvalue weighted by molar-refractivity contribution is 0.242. The van der Waals surface area contributed by atoms with E-state index < -0.39 is 5.82 Å². The van der Waals surface area contributed by atoms with Crippen LogP contribution in [0.15, 0.2) is 18.2 Å². The Morgan fingerprint density at radius 1 is 1.47 bits per heavy atom. The fourth-order valence-corrected chi connectivity index (χ4v) is 1.66. The van der Waals surface area contributed by atoms with Crippen LogP contribution in [0.5, 0.6) is 0 Å². The SMILES string of the molecule is Nc1cccc(F)c1N1CCCNC1=O. The molecule has 1 aliphatic rings. The predicted octanol–water partition coefficient (Wildman–Crippen LogP) is 1.33. The second kappa shape index (κ2) is 3.76. The maximum atomic E-state index is 13.5. The van der Waals surface area contributed by atoms with Crippen molar-refractivity contribution in [2.45, 2.75) is 6.42 Å². The van der Waals surface area contributed by atoms with Gasteiger partial charge in [0.15, 0.2) is 0 Å². The second-order valence-electron chi connectivity index (χ2n) is 3.41. The van der Waals surface area contributed by atoms with E-state index in [4.69, 9.17) is 5.73 Å². The van der Waals surface area contributed by atoms with E-state index in [-0.39, 0.29) is 17.4 Å². The third kappa shape index (κ3) is 1.72. The van der Waals surface area contributed by atoms with Gasteiger partial charge in [-0.3, -0.25) is 4.90 Å². The van der Waals surface area contributed by atoms with E-state index in [0.29, 0.717) is 13.1 Å². The van der Waals surface area contributed by atoms with Crippen LogP contribution in [0.2, 0.25) is 0 Å². The van der Waals surface area contributed by atoms with Crippen molar-refractivity contribution in [2.24, 2.45) is 0 Å². The molecule has 2 rings (SSSR count). The molecule has 4 nitrogen and oxygen atoms in total. The summed E-state index contributed by atoms with van der Waals surface area (Å²) < 4.78 is 13.5. The highest BCUT2D eigenvalue weighted by Gasteiger charge is 2.23. The van der Waals surface area contributed by atoms with Crippen LogP contribution < -0.4 is 16.0 Å². The molecule has 15 heavy (non-hydrogen) atoms. The highest BCUT2D eigenvalue weighted by molar-refractivity contribution is 5.95. The Morgan fingerprint density at radius 3 is 2.93 bits per heavy atom. The van der Waals surface area contributed by atoms with Gasteiger partial charge in [-0.15, -0.1) is 0 Å². The van der Waals surface area contributed by atoms with Gasteiger partial charge in [-0.2, -0.15) is 0 Å². The molecule has 1 aromatic rings. The van der Waals surface area contributed by atoms with Crippen molar-refractivity contribution in [3.63, 3.8) is 0 Å². The minimum atomic E-state index is -0.466. The van der Waals surface area contributed by atoms with Crippen molar-refractivity contribution in [1.29, 1.82) is 0 Å². The number of benzene rings is 1. The first-order valence-electron chi connectivity index (χ1n) is 4.79. The van der Waals surface area contributed by atoms with Crippen molar-refractivity contribution >= 4 is 17.4 Å². The number of rotatable bonds is 1. The van der Waals surface area contributed by atoms with Gasteiger partial charge in [-0.25, -0.2) is 9.18 Å². The van der Waals surface area contributed by atoms with E-state index >= 15 is 0 Å². The molecule has 0 saturated carbocycles. The van der Waals surface area contributed by atoms with Crippen LogP contribution in [0.3, 0.4) is 0 Å². The standard InChI is InChI=1S/C10H12FN3O/c11-7-3-1-4-8(12)9(7)14-6-2-5-13-10(14)15/h1,3-4H,2,5-6,12H2,(H,13,15). The summed E-state index contributed by atoms with van der Waals surface area (Å²) in [6, 6.07) is 4.11. The Morgan fingerprint density at radius 2 is 2.27 bits per heavy atom. The molecule has 1 aliphatic heterocycles. The molecular formula is C10H12FN3O. The first kappa shape index (κ1) is 9.76. The number of amides is 2. The molecule has 0 radical (unpaired) electrons. The first-order chi connectivity index (χ1) is 7.20. The monoisotopic (exact) mass is 209 g/mol. The second-order valence-corrected chi connectivity index (χ2v) is 3.41. The van der Waals surface area contributed by atoms with Crippen LogP contribution in [0, 0.1) is 5.82 Å². The molecular weight excluding hydrogens is 197 g/mol. The summed E-state index contributed by atoms with van der Waals surface area (Å²) >= 11 is 0. The van der Waals surface area contributed by atoms with E-state index in [1.165, 1.54) is 17.0 Å². The molecule has 1 fully saturated rings. The molecule has 0 atom stereocenters. The minimum Gasteiger partial charge on any atom is -0.397 e. The van der Waals surface area contributed by atoms with Gasteiger partial charge >= 0.3 is 6.03 Å². The smallest absolute Gasteiger partial charge is 0.322 e. The molecule has 0 spiro atoms. The minimum absolute atomic E-state index is 0.176. The number of urea groups is 1. The van der Waals surface area contributed by atoms with Crippen LogP contribution in [0.4, 0.5) is 20.6 Å². The van der Waals surface area contributed by atoms with Gasteiger partial charge in [0.05, 0.1) is 5.69 Å². The van der Waals surface area contributed by atoms with E-state index in [1.807, 2.05) is 0 Å². The Labute approximate surface area is 86.9 Å². The van der Waals surface area contributed by atoms with E-state index in [9.17, 15) is 9.18 Å². The van der Waals surface area contributed by atoms with Gasteiger partial charge in [0.1, 0.15) is 11.5 Å². The third-order valence-electron chi connectivity index (χ3n) is 2.37. The Kier molecular flexibility index (Phi) is 2.45. The number of carbonyl (C=O) groups excluding carboxylic acids is 1. The van der Waals surface area contributed by atoms with Gasteiger partial charge in [0.2, 0.25) is 0 Å². The maximum Gasteiger partial charge on any atom is 0.322 e. The van der Waals surface area contributed by atoms with Gasteiger partial charge in [-0.05, 0) is 18.6 Å². The summed E-state index contributed by atoms with van der Waals surface area (Å²) in [6.07, 6.45) is 0.791. The van der Waals surface area contributed by atoms with E-state index in [2.05, 4.69) is 5.32 Å². The molecule has 1 aromatic carbocycles. The van der Waals surface area contributed by atoms with E-state index in [0.717, 1.165) is 6.42 Å². The predicted molar refractivity (Wildman–Crippen MR) is 56.2 cm³/mol. The molecule has 80 valence electrons. The lowest BCUT2D eigenvalue weighted by Crippen LogP contribution is -2.47. The zero-order valence-corrected chi connectivity index (χ0v) is 8.16. The fourth-order valence-electron chi connectivity index (χ4n) is 1.66. The normalized spacial score (nSPS) is 16.3. The maximum absolute atomic E-state index is 13.5. The van der Waals surface area contributed by atoms with Crippen molar-refractivity contribution < 1.29 is 9.18 Å². The quantitative estimate of drug-likeness (QED) is 0.685. The molecule has 3 N–H and O–H groups in total. The molecule has 0 unspecified atom stereocenters. The molecule has 1 heterocycles. The number of nitrogens with one attached hydrogen (secondary N) is 1. The molecule has 0 bridgehead atoms. The van der Waals surface area contributed by atoms with Crippen molar-refractivity contribution in [2.75, 3.05) is 23.7 Å². The van der Waals surface area contributed by atoms with Crippen molar-refractivity contribution in [3.8, 4) is 0 Å². The lowest BCUT2D eigenvalue weighted by Gasteiger charge is -2.28. The zero-order chi connectivity index (χ0) is 10.8. The zero-order valence-electron chi connectivity index (χ0n) is 8.16. The Bertz CT molecular complexity index is 374. The van der Waals surface area contributed by atoms with Crippen molar-refractivity contribution in [3.05, 3.63) is 24.0 Å². The number of hydrogen-bond acceptors (Lipinski definition) is 2. The summed E-state index contributed by atoms with van der Waals surface area (Å²) in [5.74, 6) is -0.466. The van der Waals surface area contributed by atoms with Crippen LogP contribution >= 0.6 is 0 Å². The van der Waals surface area contributed by atoms with Crippen LogP contribution in [-0.4, -0.2) is 19.1 Å². The third-order valence-corrected chi connectivity index (χ3v) is 2.37. The Hall–Kier alpha value is -1.78. The molecule has 5 heteroatoms. The van der Waals surface area contributed by atoms with Crippen molar-refractivity contribution in [1.82, 2.24) is 5.32 Å². The average Bonchev–Trinajstić information content (AvgIpc) is 2.20. The summed E-state index contributed by atoms with van der Waals surface area (Å²) in [7, 11) is 0. The van der Waals surface area contributed by atoms with Gasteiger partial charge in [-0.1, -0.05) is 6.07 Å². The summed E-state index contributed by atoms with van der Waals surface area (Å²) in [6.45, 7) is 1.13. The lowest BCUT2D eigenvalue weighted by atomic mass is 10.2. The fraction of sp³-hybridized carbons (Fsp3) is 0.300. The van der Waals surface area contributed by atoms with Crippen LogP contribution in [0.1, 0.15) is 6.42 Å². The highest BCUT2D eigenvalue weighted by Crippen LogP contribution is 2.27. The van der Waals surface area contributed by atoms with Gasteiger partial charge in [0.25, 0.3) is 0 Å². The number of nitrogens with two attached hydrogens (primary N) is 1. The number of nitrogens with zero attached hydrogens (tertiary/aromatic N) is 1. The summed E-state index contributed by atoms with van der Waals surface area (Å²) in [5.41, 5.74) is 6.11. The van der Waals surface area contributed by atoms with Crippen LogP contribution in [0.25, 0.3) is 0 Å². The van der Waals surface area contributed by atoms with E-state index in [1.54, 1.807) is 6.07 Å². The molecule has 1 saturated heterocycles. The average molecular weight is 209 g/mol. The number of halogens is 1. The van der Waals surface area contributed by atoms with Crippen LogP contribution in [-0.2, 0) is 0 Å². The van der Waals surface area contributed by atoms with Gasteiger partial charge < -0.3 is 11.1 Å². The number of hydrogen-bond donors (Lipinski definition) is 2. The Balaban J connectivity index is 2.39. The largest absolute Gasteiger partial charge is 0.397 e. The molecule has 0 aliphatic carbocycles. The highest BCUT2D eigenvalue weighted by atomic mass is 19.1. The number of carbonyl (C=O) groups is 1. The first-order valence-corrected chi connectivity index (χ1v) is 4.79. The summed E-state index contributed by atoms with van der Waals surface area (Å²) in [5, 5.41) is 2.65. The molecule has 0 aromatic heterocycles. The number of anilines is 2. The topological polar surface area (TPSA) is 58.4 Å².